The third-order valence-electron chi connectivity index (χ3n) is 4.48. The van der Waals surface area contributed by atoms with E-state index in [2.05, 4.69) is 32.9 Å². The highest BCUT2D eigenvalue weighted by Gasteiger charge is 2.20. The molecular formula is C18H28. The van der Waals surface area contributed by atoms with E-state index in [1.807, 2.05) is 0 Å². The van der Waals surface area contributed by atoms with Crippen molar-refractivity contribution >= 4 is 0 Å². The summed E-state index contributed by atoms with van der Waals surface area (Å²) in [6, 6.07) is 4.79. The van der Waals surface area contributed by atoms with Crippen molar-refractivity contribution in [1.29, 1.82) is 0 Å². The first-order valence-corrected chi connectivity index (χ1v) is 7.82. The SMILES string of the molecule is CCCCCCCc1ccc2c(c1C)CC(C)C2. The Morgan fingerprint density at radius 3 is 2.61 bits per heavy atom. The minimum atomic E-state index is 0.860. The lowest BCUT2D eigenvalue weighted by Crippen LogP contribution is -1.96. The van der Waals surface area contributed by atoms with E-state index in [-0.39, 0.29) is 0 Å². The summed E-state index contributed by atoms with van der Waals surface area (Å²) in [6.45, 7) is 7.01. The molecule has 1 unspecified atom stereocenters. The van der Waals surface area contributed by atoms with Crippen LogP contribution in [0.25, 0.3) is 0 Å². The van der Waals surface area contributed by atoms with Crippen LogP contribution >= 0.6 is 0 Å². The number of rotatable bonds is 6. The van der Waals surface area contributed by atoms with Crippen molar-refractivity contribution < 1.29 is 0 Å². The van der Waals surface area contributed by atoms with Crippen LogP contribution in [0.15, 0.2) is 12.1 Å². The van der Waals surface area contributed by atoms with Crippen molar-refractivity contribution in [1.82, 2.24) is 0 Å². The van der Waals surface area contributed by atoms with Gasteiger partial charge in [0.1, 0.15) is 0 Å². The Hall–Kier alpha value is -0.780. The smallest absolute Gasteiger partial charge is 0.0244 e. The third kappa shape index (κ3) is 3.16. The number of aryl methyl sites for hydroxylation is 1. The van der Waals surface area contributed by atoms with E-state index in [9.17, 15) is 0 Å². The van der Waals surface area contributed by atoms with Gasteiger partial charge in [0.2, 0.25) is 0 Å². The Bertz CT molecular complexity index is 389. The van der Waals surface area contributed by atoms with Gasteiger partial charge >= 0.3 is 0 Å². The van der Waals surface area contributed by atoms with Gasteiger partial charge in [-0.1, -0.05) is 51.7 Å². The van der Waals surface area contributed by atoms with Crippen molar-refractivity contribution in [3.05, 3.63) is 34.4 Å². The first-order valence-electron chi connectivity index (χ1n) is 7.82. The summed E-state index contributed by atoms with van der Waals surface area (Å²) in [5, 5.41) is 0. The van der Waals surface area contributed by atoms with E-state index in [1.165, 1.54) is 51.4 Å². The van der Waals surface area contributed by atoms with Crippen molar-refractivity contribution in [2.45, 2.75) is 72.1 Å². The predicted octanol–water partition coefficient (Wildman–Crippen LogP) is 5.24. The molecule has 0 saturated carbocycles. The number of fused-ring (bicyclic) bond motifs is 1. The lowest BCUT2D eigenvalue weighted by atomic mass is 9.95. The predicted molar refractivity (Wildman–Crippen MR) is 80.2 cm³/mol. The van der Waals surface area contributed by atoms with Gasteiger partial charge < -0.3 is 0 Å². The van der Waals surface area contributed by atoms with Crippen molar-refractivity contribution in [2.24, 2.45) is 5.92 Å². The molecule has 0 aromatic heterocycles. The van der Waals surface area contributed by atoms with Gasteiger partial charge in [0.25, 0.3) is 0 Å². The van der Waals surface area contributed by atoms with Crippen LogP contribution in [0.1, 0.15) is 68.2 Å². The molecule has 0 amide bonds. The minimum absolute atomic E-state index is 0.860. The van der Waals surface area contributed by atoms with Crippen LogP contribution in [0.5, 0.6) is 0 Å². The molecule has 0 spiro atoms. The summed E-state index contributed by atoms with van der Waals surface area (Å²) in [5.41, 5.74) is 6.51. The van der Waals surface area contributed by atoms with E-state index >= 15 is 0 Å². The van der Waals surface area contributed by atoms with E-state index < -0.39 is 0 Å². The molecule has 1 aliphatic carbocycles. The Morgan fingerprint density at radius 1 is 1.06 bits per heavy atom. The summed E-state index contributed by atoms with van der Waals surface area (Å²) >= 11 is 0. The molecule has 1 aromatic carbocycles. The molecule has 100 valence electrons. The molecule has 0 bridgehead atoms. The second kappa shape index (κ2) is 6.41. The Morgan fingerprint density at radius 2 is 1.83 bits per heavy atom. The molecule has 0 fully saturated rings. The lowest BCUT2D eigenvalue weighted by molar-refractivity contribution is 0.625. The quantitative estimate of drug-likeness (QED) is 0.600. The highest BCUT2D eigenvalue weighted by Crippen LogP contribution is 2.31. The first-order chi connectivity index (χ1) is 8.72. The summed E-state index contributed by atoms with van der Waals surface area (Å²) < 4.78 is 0. The number of hydrogen-bond donors (Lipinski definition) is 0. The van der Waals surface area contributed by atoms with Crippen LogP contribution in [-0.4, -0.2) is 0 Å². The monoisotopic (exact) mass is 244 g/mol. The van der Waals surface area contributed by atoms with Crippen molar-refractivity contribution in [2.75, 3.05) is 0 Å². The highest BCUT2D eigenvalue weighted by molar-refractivity contribution is 5.43. The molecule has 1 atom stereocenters. The summed E-state index contributed by atoms with van der Waals surface area (Å²) in [6.07, 6.45) is 10.8. The molecule has 0 heteroatoms. The fourth-order valence-corrected chi connectivity index (χ4v) is 3.32. The molecule has 18 heavy (non-hydrogen) atoms. The van der Waals surface area contributed by atoms with Gasteiger partial charge in [-0.3, -0.25) is 0 Å². The second-order valence-electron chi connectivity index (χ2n) is 6.16. The van der Waals surface area contributed by atoms with Crippen LogP contribution in [0.3, 0.4) is 0 Å². The van der Waals surface area contributed by atoms with Crippen molar-refractivity contribution in [3.8, 4) is 0 Å². The maximum Gasteiger partial charge on any atom is -0.0244 e. The zero-order valence-corrected chi connectivity index (χ0v) is 12.4. The molecule has 0 heterocycles. The van der Waals surface area contributed by atoms with E-state index in [1.54, 1.807) is 22.3 Å². The number of unbranched alkanes of at least 4 members (excludes halogenated alkanes) is 4. The van der Waals surface area contributed by atoms with Crippen LogP contribution < -0.4 is 0 Å². The van der Waals surface area contributed by atoms with Gasteiger partial charge in [-0.05, 0) is 60.8 Å². The molecule has 0 nitrogen and oxygen atoms in total. The van der Waals surface area contributed by atoms with Crippen LogP contribution in [0, 0.1) is 12.8 Å². The topological polar surface area (TPSA) is 0 Å². The highest BCUT2D eigenvalue weighted by atomic mass is 14.2. The zero-order valence-electron chi connectivity index (χ0n) is 12.4. The standard InChI is InChI=1S/C18H28/c1-4-5-6-7-8-9-16-10-11-17-12-14(2)13-18(17)15(16)3/h10-11,14H,4-9,12-13H2,1-3H3. The average molecular weight is 244 g/mol. The summed E-state index contributed by atoms with van der Waals surface area (Å²) in [4.78, 5) is 0. The van der Waals surface area contributed by atoms with Gasteiger partial charge in [0.05, 0.1) is 0 Å². The van der Waals surface area contributed by atoms with Gasteiger partial charge in [0.15, 0.2) is 0 Å². The fourth-order valence-electron chi connectivity index (χ4n) is 3.32. The minimum Gasteiger partial charge on any atom is -0.0654 e. The largest absolute Gasteiger partial charge is 0.0654 e. The molecule has 0 radical (unpaired) electrons. The maximum absolute atomic E-state index is 2.40. The molecule has 0 saturated heterocycles. The normalized spacial score (nSPS) is 18.1. The first kappa shape index (κ1) is 13.6. The van der Waals surface area contributed by atoms with Crippen molar-refractivity contribution in [3.63, 3.8) is 0 Å². The van der Waals surface area contributed by atoms with Gasteiger partial charge in [0, 0.05) is 0 Å². The lowest BCUT2D eigenvalue weighted by Gasteiger charge is -2.11. The second-order valence-corrected chi connectivity index (χ2v) is 6.16. The van der Waals surface area contributed by atoms with Gasteiger partial charge in [-0.25, -0.2) is 0 Å². The Labute approximate surface area is 113 Å². The fraction of sp³-hybridized carbons (Fsp3) is 0.667. The summed E-state index contributed by atoms with van der Waals surface area (Å²) in [7, 11) is 0. The summed E-state index contributed by atoms with van der Waals surface area (Å²) in [5.74, 6) is 0.860. The number of hydrogen-bond acceptors (Lipinski definition) is 0. The Balaban J connectivity index is 1.92. The zero-order chi connectivity index (χ0) is 13.0. The Kier molecular flexibility index (Phi) is 4.86. The molecule has 2 rings (SSSR count). The molecule has 0 N–H and O–H groups in total. The molecule has 1 aliphatic rings. The molecule has 1 aromatic rings. The van der Waals surface area contributed by atoms with Crippen LogP contribution in [-0.2, 0) is 19.3 Å². The van der Waals surface area contributed by atoms with E-state index in [0.29, 0.717) is 0 Å². The van der Waals surface area contributed by atoms with Crippen LogP contribution in [0.4, 0.5) is 0 Å². The van der Waals surface area contributed by atoms with E-state index in [0.717, 1.165) is 5.92 Å². The average Bonchev–Trinajstić information content (AvgIpc) is 2.73. The maximum atomic E-state index is 2.40. The third-order valence-corrected chi connectivity index (χ3v) is 4.48. The van der Waals surface area contributed by atoms with Crippen LogP contribution in [0.2, 0.25) is 0 Å². The van der Waals surface area contributed by atoms with Gasteiger partial charge in [-0.2, -0.15) is 0 Å². The van der Waals surface area contributed by atoms with E-state index in [4.69, 9.17) is 0 Å². The number of benzene rings is 1. The molecule has 0 aliphatic heterocycles. The van der Waals surface area contributed by atoms with Gasteiger partial charge in [-0.15, -0.1) is 0 Å². The molecular weight excluding hydrogens is 216 g/mol.